The molecule has 2 heterocycles. The number of nitrogens with one attached hydrogen (secondary N) is 1. The molecule has 1 atom stereocenters. The van der Waals surface area contributed by atoms with Crippen molar-refractivity contribution in [2.45, 2.75) is 52.2 Å². The van der Waals surface area contributed by atoms with Gasteiger partial charge in [0, 0.05) is 11.6 Å². The van der Waals surface area contributed by atoms with E-state index in [0.717, 1.165) is 31.7 Å². The number of hydrogen-bond donors (Lipinski definition) is 1. The molecule has 0 radical (unpaired) electrons. The van der Waals surface area contributed by atoms with E-state index in [9.17, 15) is 9.59 Å². The SMILES string of the molecule is CCOc1ccc(C(=O)NC(C(=O)N(Cc2ccco2)C2CCN(C)CC2)C(C)C)cc1. The summed E-state index contributed by atoms with van der Waals surface area (Å²) in [6, 6.07) is 10.2. The van der Waals surface area contributed by atoms with Crippen LogP contribution in [0, 0.1) is 5.92 Å². The number of likely N-dealkylation sites (tertiary alicyclic amines) is 1. The summed E-state index contributed by atoms with van der Waals surface area (Å²) in [5.74, 6) is 1.08. The van der Waals surface area contributed by atoms with E-state index in [-0.39, 0.29) is 23.8 Å². The quantitative estimate of drug-likeness (QED) is 0.644. The van der Waals surface area contributed by atoms with Crippen LogP contribution in [0.4, 0.5) is 0 Å². The second kappa shape index (κ2) is 11.2. The molecule has 1 unspecified atom stereocenters. The minimum absolute atomic E-state index is 0.0560. The second-order valence-electron chi connectivity index (χ2n) is 8.73. The fourth-order valence-electron chi connectivity index (χ4n) is 4.05. The zero-order chi connectivity index (χ0) is 23.1. The maximum absolute atomic E-state index is 13.7. The van der Waals surface area contributed by atoms with Gasteiger partial charge in [-0.25, -0.2) is 0 Å². The Morgan fingerprint density at radius 1 is 1.19 bits per heavy atom. The number of ether oxygens (including phenoxy) is 1. The van der Waals surface area contributed by atoms with Gasteiger partial charge in [0.1, 0.15) is 17.6 Å². The number of furan rings is 1. The normalized spacial score (nSPS) is 16.0. The van der Waals surface area contributed by atoms with Gasteiger partial charge in [0.05, 0.1) is 19.4 Å². The smallest absolute Gasteiger partial charge is 0.251 e. The molecule has 1 saturated heterocycles. The summed E-state index contributed by atoms with van der Waals surface area (Å²) in [5, 5.41) is 2.98. The van der Waals surface area contributed by atoms with E-state index < -0.39 is 6.04 Å². The highest BCUT2D eigenvalue weighted by atomic mass is 16.5. The first-order valence-electron chi connectivity index (χ1n) is 11.4. The molecule has 7 nitrogen and oxygen atoms in total. The maximum atomic E-state index is 13.7. The molecule has 1 N–H and O–H groups in total. The van der Waals surface area contributed by atoms with Crippen molar-refractivity contribution in [3.05, 3.63) is 54.0 Å². The number of piperidine rings is 1. The van der Waals surface area contributed by atoms with Gasteiger partial charge in [-0.1, -0.05) is 13.8 Å². The van der Waals surface area contributed by atoms with Crippen molar-refractivity contribution in [1.82, 2.24) is 15.1 Å². The van der Waals surface area contributed by atoms with Crippen molar-refractivity contribution in [2.75, 3.05) is 26.7 Å². The van der Waals surface area contributed by atoms with Crippen LogP contribution in [0.5, 0.6) is 5.75 Å². The molecule has 1 aromatic heterocycles. The van der Waals surface area contributed by atoms with Crippen LogP contribution >= 0.6 is 0 Å². The Bertz CT molecular complexity index is 856. The monoisotopic (exact) mass is 441 g/mol. The van der Waals surface area contributed by atoms with Crippen molar-refractivity contribution in [1.29, 1.82) is 0 Å². The van der Waals surface area contributed by atoms with Crippen LogP contribution in [-0.4, -0.2) is 60.4 Å². The summed E-state index contributed by atoms with van der Waals surface area (Å²) in [4.78, 5) is 30.9. The summed E-state index contributed by atoms with van der Waals surface area (Å²) in [5.41, 5.74) is 0.503. The Kier molecular flexibility index (Phi) is 8.33. The summed E-state index contributed by atoms with van der Waals surface area (Å²) < 4.78 is 11.0. The van der Waals surface area contributed by atoms with E-state index in [0.29, 0.717) is 24.5 Å². The summed E-state index contributed by atoms with van der Waals surface area (Å²) in [6.07, 6.45) is 3.43. The Morgan fingerprint density at radius 3 is 2.44 bits per heavy atom. The van der Waals surface area contributed by atoms with Gasteiger partial charge in [0.15, 0.2) is 0 Å². The van der Waals surface area contributed by atoms with Crippen LogP contribution in [0.15, 0.2) is 47.1 Å². The van der Waals surface area contributed by atoms with Gasteiger partial charge in [-0.3, -0.25) is 9.59 Å². The van der Waals surface area contributed by atoms with Crippen LogP contribution < -0.4 is 10.1 Å². The molecule has 1 aromatic carbocycles. The Morgan fingerprint density at radius 2 is 1.88 bits per heavy atom. The van der Waals surface area contributed by atoms with Crippen LogP contribution in [0.3, 0.4) is 0 Å². The van der Waals surface area contributed by atoms with E-state index in [1.54, 1.807) is 30.5 Å². The predicted octanol–water partition coefficient (Wildman–Crippen LogP) is 3.56. The first kappa shape index (κ1) is 23.9. The standard InChI is InChI=1S/C25H35N3O4/c1-5-31-21-10-8-19(9-11-21)24(29)26-23(18(2)3)25(30)28(17-22-7-6-16-32-22)20-12-14-27(4)15-13-20/h6-11,16,18,20,23H,5,12-15,17H2,1-4H3,(H,26,29). The lowest BCUT2D eigenvalue weighted by Gasteiger charge is -2.39. The average molecular weight is 442 g/mol. The fourth-order valence-corrected chi connectivity index (χ4v) is 4.05. The summed E-state index contributed by atoms with van der Waals surface area (Å²) in [7, 11) is 2.10. The number of carbonyl (C=O) groups is 2. The van der Waals surface area contributed by atoms with Crippen LogP contribution in [0.2, 0.25) is 0 Å². The molecule has 0 saturated carbocycles. The van der Waals surface area contributed by atoms with Gasteiger partial charge in [0.25, 0.3) is 5.91 Å². The molecule has 174 valence electrons. The third-order valence-corrected chi connectivity index (χ3v) is 5.97. The van der Waals surface area contributed by atoms with E-state index in [2.05, 4.69) is 17.3 Å². The van der Waals surface area contributed by atoms with Crippen molar-refractivity contribution >= 4 is 11.8 Å². The Balaban J connectivity index is 1.76. The highest BCUT2D eigenvalue weighted by Gasteiger charge is 2.34. The molecule has 1 aliphatic heterocycles. The molecule has 0 spiro atoms. The van der Waals surface area contributed by atoms with Gasteiger partial charge in [-0.2, -0.15) is 0 Å². The topological polar surface area (TPSA) is 75.0 Å². The predicted molar refractivity (Wildman–Crippen MR) is 123 cm³/mol. The van der Waals surface area contributed by atoms with Crippen LogP contribution in [0.1, 0.15) is 49.7 Å². The maximum Gasteiger partial charge on any atom is 0.251 e. The van der Waals surface area contributed by atoms with E-state index in [4.69, 9.17) is 9.15 Å². The first-order chi connectivity index (χ1) is 15.4. The Hall–Kier alpha value is -2.80. The number of amides is 2. The largest absolute Gasteiger partial charge is 0.494 e. The molecule has 2 aromatic rings. The minimum Gasteiger partial charge on any atom is -0.494 e. The number of carbonyl (C=O) groups excluding carboxylic acids is 2. The van der Waals surface area contributed by atoms with E-state index in [1.165, 1.54) is 0 Å². The molecular formula is C25H35N3O4. The Labute approximate surface area is 190 Å². The van der Waals surface area contributed by atoms with Crippen molar-refractivity contribution in [2.24, 2.45) is 5.92 Å². The summed E-state index contributed by atoms with van der Waals surface area (Å²) in [6.45, 7) is 8.69. The second-order valence-corrected chi connectivity index (χ2v) is 8.73. The lowest BCUT2D eigenvalue weighted by atomic mass is 9.98. The molecule has 1 fully saturated rings. The molecule has 0 bridgehead atoms. The number of benzene rings is 1. The molecule has 2 amide bonds. The van der Waals surface area contributed by atoms with Crippen LogP contribution in [0.25, 0.3) is 0 Å². The highest BCUT2D eigenvalue weighted by Crippen LogP contribution is 2.22. The van der Waals surface area contributed by atoms with Crippen LogP contribution in [-0.2, 0) is 11.3 Å². The first-order valence-corrected chi connectivity index (χ1v) is 11.4. The van der Waals surface area contributed by atoms with Gasteiger partial charge >= 0.3 is 0 Å². The van der Waals surface area contributed by atoms with Crippen molar-refractivity contribution < 1.29 is 18.7 Å². The zero-order valence-corrected chi connectivity index (χ0v) is 19.5. The fraction of sp³-hybridized carbons (Fsp3) is 0.520. The molecular weight excluding hydrogens is 406 g/mol. The minimum atomic E-state index is -0.622. The molecule has 7 heteroatoms. The highest BCUT2D eigenvalue weighted by molar-refractivity contribution is 5.97. The number of nitrogens with zero attached hydrogens (tertiary/aromatic N) is 2. The average Bonchev–Trinajstić information content (AvgIpc) is 3.30. The van der Waals surface area contributed by atoms with Gasteiger partial charge < -0.3 is 24.3 Å². The molecule has 32 heavy (non-hydrogen) atoms. The number of rotatable bonds is 9. The summed E-state index contributed by atoms with van der Waals surface area (Å²) >= 11 is 0. The molecule has 0 aliphatic carbocycles. The number of hydrogen-bond acceptors (Lipinski definition) is 5. The lowest BCUT2D eigenvalue weighted by molar-refractivity contribution is -0.138. The van der Waals surface area contributed by atoms with Crippen molar-refractivity contribution in [3.63, 3.8) is 0 Å². The molecule has 1 aliphatic rings. The molecule has 3 rings (SSSR count). The van der Waals surface area contributed by atoms with Crippen molar-refractivity contribution in [3.8, 4) is 5.75 Å². The van der Waals surface area contributed by atoms with Gasteiger partial charge in [-0.05, 0) is 82.2 Å². The van der Waals surface area contributed by atoms with E-state index in [1.807, 2.05) is 37.8 Å². The lowest BCUT2D eigenvalue weighted by Crippen LogP contribution is -2.55. The zero-order valence-electron chi connectivity index (χ0n) is 19.5. The van der Waals surface area contributed by atoms with Gasteiger partial charge in [-0.15, -0.1) is 0 Å². The van der Waals surface area contributed by atoms with Gasteiger partial charge in [0.2, 0.25) is 5.91 Å². The third-order valence-electron chi connectivity index (χ3n) is 5.97. The third kappa shape index (κ3) is 6.13. The van der Waals surface area contributed by atoms with E-state index >= 15 is 0 Å².